The fourth-order valence-electron chi connectivity index (χ4n) is 8.50. The molecule has 0 aliphatic heterocycles. The molecule has 3 heteroatoms. The maximum Gasteiger partial charge on any atom is 0.159 e. The lowest BCUT2D eigenvalue weighted by molar-refractivity contribution is -0.128. The minimum Gasteiger partial charge on any atom is -0.411 e. The summed E-state index contributed by atoms with van der Waals surface area (Å²) in [6.45, 7) is 12.1. The van der Waals surface area contributed by atoms with Gasteiger partial charge in [0.25, 0.3) is 0 Å². The summed E-state index contributed by atoms with van der Waals surface area (Å²) in [6.07, 6.45) is 13.8. The zero-order chi connectivity index (χ0) is 21.7. The van der Waals surface area contributed by atoms with Crippen molar-refractivity contribution >= 4 is 11.5 Å². The summed E-state index contributed by atoms with van der Waals surface area (Å²) in [5.41, 5.74) is 2.05. The van der Waals surface area contributed by atoms with E-state index >= 15 is 0 Å². The van der Waals surface area contributed by atoms with Gasteiger partial charge in [0, 0.05) is 12.0 Å². The van der Waals surface area contributed by atoms with E-state index in [9.17, 15) is 10.0 Å². The third kappa shape index (κ3) is 3.48. The smallest absolute Gasteiger partial charge is 0.159 e. The molecule has 0 radical (unpaired) electrons. The fourth-order valence-corrected chi connectivity index (χ4v) is 8.50. The zero-order valence-corrected chi connectivity index (χ0v) is 19.9. The summed E-state index contributed by atoms with van der Waals surface area (Å²) in [4.78, 5) is 13.3. The van der Waals surface area contributed by atoms with Crippen molar-refractivity contribution in [2.45, 2.75) is 98.8 Å². The van der Waals surface area contributed by atoms with Gasteiger partial charge >= 0.3 is 0 Å². The van der Waals surface area contributed by atoms with Gasteiger partial charge in [-0.15, -0.1) is 0 Å². The van der Waals surface area contributed by atoms with E-state index in [0.29, 0.717) is 34.7 Å². The van der Waals surface area contributed by atoms with Crippen molar-refractivity contribution in [1.29, 1.82) is 0 Å². The highest BCUT2D eigenvalue weighted by molar-refractivity contribution is 6.07. The molecule has 0 amide bonds. The number of allylic oxidation sites excluding steroid dienone is 2. The molecular formula is C27H43NO2. The molecule has 0 saturated heterocycles. The van der Waals surface area contributed by atoms with Crippen molar-refractivity contribution in [3.63, 3.8) is 0 Å². The van der Waals surface area contributed by atoms with Crippen molar-refractivity contribution in [3.05, 3.63) is 11.6 Å². The number of nitrogens with zero attached hydrogens (tertiary/aromatic N) is 1. The molecule has 3 fully saturated rings. The normalized spacial score (nSPS) is 43.2. The Labute approximate surface area is 183 Å². The molecule has 1 N–H and O–H groups in total. The maximum absolute atomic E-state index is 13.3. The summed E-state index contributed by atoms with van der Waals surface area (Å²) >= 11 is 0. The minimum absolute atomic E-state index is 0.0174. The molecule has 3 saturated carbocycles. The quantitative estimate of drug-likeness (QED) is 0.388. The van der Waals surface area contributed by atoms with Gasteiger partial charge < -0.3 is 5.21 Å². The highest BCUT2D eigenvalue weighted by Crippen LogP contribution is 2.67. The third-order valence-electron chi connectivity index (χ3n) is 10.1. The van der Waals surface area contributed by atoms with Crippen LogP contribution < -0.4 is 0 Å². The van der Waals surface area contributed by atoms with Crippen LogP contribution in [0.25, 0.3) is 0 Å². The van der Waals surface area contributed by atoms with Crippen LogP contribution in [0, 0.1) is 46.3 Å². The Morgan fingerprint density at radius 2 is 1.87 bits per heavy atom. The van der Waals surface area contributed by atoms with Gasteiger partial charge in [0.2, 0.25) is 0 Å². The number of fused-ring (bicyclic) bond motifs is 5. The van der Waals surface area contributed by atoms with Gasteiger partial charge in [0.05, 0.1) is 5.71 Å². The average Bonchev–Trinajstić information content (AvgIpc) is 3.05. The lowest BCUT2D eigenvalue weighted by Gasteiger charge is -2.58. The molecule has 3 nitrogen and oxygen atoms in total. The number of hydrogen-bond donors (Lipinski definition) is 1. The van der Waals surface area contributed by atoms with Gasteiger partial charge in [0.1, 0.15) is 0 Å². The second-order valence-electron chi connectivity index (χ2n) is 12.1. The van der Waals surface area contributed by atoms with Crippen molar-refractivity contribution in [2.24, 2.45) is 51.5 Å². The predicted octanol–water partition coefficient (Wildman–Crippen LogP) is 7.04. The van der Waals surface area contributed by atoms with Crippen molar-refractivity contribution < 1.29 is 10.0 Å². The Morgan fingerprint density at radius 1 is 1.10 bits per heavy atom. The maximum atomic E-state index is 13.3. The summed E-state index contributed by atoms with van der Waals surface area (Å²) < 4.78 is 0. The van der Waals surface area contributed by atoms with Gasteiger partial charge in [-0.1, -0.05) is 59.0 Å². The number of carbonyl (C=O) groups excluding carboxylic acids is 1. The minimum atomic E-state index is -0.0174. The van der Waals surface area contributed by atoms with E-state index in [4.69, 9.17) is 0 Å². The van der Waals surface area contributed by atoms with Crippen LogP contribution in [-0.2, 0) is 4.79 Å². The van der Waals surface area contributed by atoms with Crippen LogP contribution in [0.1, 0.15) is 98.8 Å². The van der Waals surface area contributed by atoms with Gasteiger partial charge in [-0.3, -0.25) is 4.79 Å². The van der Waals surface area contributed by atoms with Crippen LogP contribution in [0.4, 0.5) is 0 Å². The Morgan fingerprint density at radius 3 is 2.57 bits per heavy atom. The fraction of sp³-hybridized carbons (Fsp3) is 0.852. The van der Waals surface area contributed by atoms with Gasteiger partial charge in [-0.25, -0.2) is 0 Å². The predicted molar refractivity (Wildman–Crippen MR) is 123 cm³/mol. The number of hydrogen-bond acceptors (Lipinski definition) is 3. The average molecular weight is 414 g/mol. The van der Waals surface area contributed by atoms with Crippen LogP contribution >= 0.6 is 0 Å². The summed E-state index contributed by atoms with van der Waals surface area (Å²) in [5, 5.41) is 12.7. The van der Waals surface area contributed by atoms with Gasteiger partial charge in [-0.05, 0) is 90.9 Å². The van der Waals surface area contributed by atoms with Crippen LogP contribution in [0.5, 0.6) is 0 Å². The summed E-state index contributed by atoms with van der Waals surface area (Å²) in [6, 6.07) is 0. The van der Waals surface area contributed by atoms with Crippen LogP contribution in [0.2, 0.25) is 0 Å². The molecule has 4 aliphatic carbocycles. The molecule has 4 rings (SSSR count). The molecule has 168 valence electrons. The largest absolute Gasteiger partial charge is 0.411 e. The topological polar surface area (TPSA) is 49.7 Å². The zero-order valence-electron chi connectivity index (χ0n) is 19.9. The second kappa shape index (κ2) is 8.10. The molecule has 0 aromatic rings. The Hall–Kier alpha value is -1.12. The van der Waals surface area contributed by atoms with Crippen LogP contribution in [0.3, 0.4) is 0 Å². The lowest BCUT2D eigenvalue weighted by atomic mass is 9.46. The van der Waals surface area contributed by atoms with Crippen molar-refractivity contribution in [2.75, 3.05) is 0 Å². The van der Waals surface area contributed by atoms with E-state index in [2.05, 4.69) is 39.8 Å². The monoisotopic (exact) mass is 413 g/mol. The highest BCUT2D eigenvalue weighted by atomic mass is 16.4. The first-order chi connectivity index (χ1) is 14.2. The molecule has 30 heavy (non-hydrogen) atoms. The molecule has 7 atom stereocenters. The first-order valence-electron chi connectivity index (χ1n) is 12.7. The molecule has 4 aliphatic rings. The molecular weight excluding hydrogens is 370 g/mol. The molecule has 0 heterocycles. The van der Waals surface area contributed by atoms with E-state index in [1.54, 1.807) is 0 Å². The van der Waals surface area contributed by atoms with Crippen LogP contribution in [-0.4, -0.2) is 16.7 Å². The van der Waals surface area contributed by atoms with Gasteiger partial charge in [-0.2, -0.15) is 0 Å². The molecule has 0 aromatic carbocycles. The Kier molecular flexibility index (Phi) is 5.96. The van der Waals surface area contributed by atoms with E-state index < -0.39 is 0 Å². The van der Waals surface area contributed by atoms with E-state index in [1.807, 2.05) is 6.08 Å². The SMILES string of the molecule is CC(C)CCC[C@@H](C)[C@H]1CC[C@H]2[C@@H]3CC(=O)C4=CC(=NO)CC[C@]4(C)[C@H]3CC[C@]12C. The molecule has 0 aromatic heterocycles. The molecule has 0 spiro atoms. The number of Topliss-reactive ketones (excluding diaryl/α,β-unsaturated/α-hetero) is 1. The van der Waals surface area contributed by atoms with Crippen LogP contribution in [0.15, 0.2) is 16.8 Å². The number of carbonyl (C=O) groups is 1. The van der Waals surface area contributed by atoms with E-state index in [1.165, 1.54) is 44.9 Å². The molecule has 0 unspecified atom stereocenters. The van der Waals surface area contributed by atoms with Gasteiger partial charge in [0.15, 0.2) is 5.78 Å². The Balaban J connectivity index is 1.54. The Bertz CT molecular complexity index is 737. The number of rotatable bonds is 5. The third-order valence-corrected chi connectivity index (χ3v) is 10.1. The number of oxime groups is 1. The van der Waals surface area contributed by atoms with E-state index in [0.717, 1.165) is 42.6 Å². The van der Waals surface area contributed by atoms with Crippen molar-refractivity contribution in [1.82, 2.24) is 0 Å². The number of ketones is 1. The first-order valence-corrected chi connectivity index (χ1v) is 12.7. The second-order valence-corrected chi connectivity index (χ2v) is 12.1. The highest BCUT2D eigenvalue weighted by Gasteiger charge is 2.60. The summed E-state index contributed by atoms with van der Waals surface area (Å²) in [5.74, 6) is 4.66. The lowest BCUT2D eigenvalue weighted by Crippen LogP contribution is -2.53. The standard InChI is InChI=1S/C27H43NO2/c1-17(2)7-6-8-18(3)21-9-10-22-20-16-25(29)24-15-19(28-30)11-13-27(24,5)23(20)12-14-26(21,22)4/h15,17-18,20-23,30H,6-14,16H2,1-5H3/t18-,20+,21-,22+,23+,26-,27-/m1/s1. The first kappa shape index (κ1) is 22.1. The van der Waals surface area contributed by atoms with Crippen molar-refractivity contribution in [3.8, 4) is 0 Å². The molecule has 0 bridgehead atoms. The summed E-state index contributed by atoms with van der Waals surface area (Å²) in [7, 11) is 0. The van der Waals surface area contributed by atoms with E-state index in [-0.39, 0.29) is 5.41 Å².